The third kappa shape index (κ3) is 2.27. The topological polar surface area (TPSA) is 30.2 Å². The molecule has 0 spiro atoms. The van der Waals surface area contributed by atoms with Crippen LogP contribution < -0.4 is 0 Å². The Morgan fingerprint density at radius 2 is 1.75 bits per heavy atom. The molecule has 1 aliphatic rings. The van der Waals surface area contributed by atoms with Gasteiger partial charge in [-0.15, -0.1) is 0 Å². The minimum atomic E-state index is -4.43. The fourth-order valence-electron chi connectivity index (χ4n) is 2.15. The number of halogens is 3. The zero-order chi connectivity index (χ0) is 14.7. The molecular formula is C14H16F3N3. The highest BCUT2D eigenvalue weighted by Crippen LogP contribution is 2.41. The van der Waals surface area contributed by atoms with Crippen molar-refractivity contribution >= 4 is 5.65 Å². The molecule has 0 atom stereocenters. The first-order chi connectivity index (χ1) is 9.16. The van der Waals surface area contributed by atoms with Crippen LogP contribution in [0.15, 0.2) is 12.3 Å². The van der Waals surface area contributed by atoms with Crippen LogP contribution in [0.2, 0.25) is 0 Å². The number of hydrogen-bond acceptors (Lipinski definition) is 2. The number of imidazole rings is 1. The Bertz CT molecular complexity index is 661. The van der Waals surface area contributed by atoms with Crippen molar-refractivity contribution in [1.82, 2.24) is 14.4 Å². The summed E-state index contributed by atoms with van der Waals surface area (Å²) < 4.78 is 40.5. The number of alkyl halides is 3. The van der Waals surface area contributed by atoms with Gasteiger partial charge in [-0.2, -0.15) is 13.2 Å². The molecule has 1 saturated carbocycles. The first-order valence-corrected chi connectivity index (χ1v) is 6.64. The zero-order valence-corrected chi connectivity index (χ0v) is 11.6. The van der Waals surface area contributed by atoms with Gasteiger partial charge in [-0.25, -0.2) is 9.97 Å². The molecule has 20 heavy (non-hydrogen) atoms. The highest BCUT2D eigenvalue weighted by Gasteiger charge is 2.37. The molecule has 1 aliphatic carbocycles. The summed E-state index contributed by atoms with van der Waals surface area (Å²) >= 11 is 0. The van der Waals surface area contributed by atoms with Gasteiger partial charge in [-0.3, -0.25) is 4.40 Å². The lowest BCUT2D eigenvalue weighted by molar-refractivity contribution is -0.141. The van der Waals surface area contributed by atoms with Gasteiger partial charge in [0, 0.05) is 23.6 Å². The van der Waals surface area contributed by atoms with E-state index in [1.165, 1.54) is 0 Å². The van der Waals surface area contributed by atoms with Crippen molar-refractivity contribution in [3.8, 4) is 0 Å². The van der Waals surface area contributed by atoms with Crippen LogP contribution >= 0.6 is 0 Å². The highest BCUT2D eigenvalue weighted by atomic mass is 19.4. The van der Waals surface area contributed by atoms with Crippen LogP contribution in [0.1, 0.15) is 56.7 Å². The normalized spacial score (nSPS) is 16.9. The molecule has 0 bridgehead atoms. The molecule has 0 unspecified atom stereocenters. The maximum absolute atomic E-state index is 12.9. The fraction of sp³-hybridized carbons (Fsp3) is 0.571. The van der Waals surface area contributed by atoms with E-state index >= 15 is 0 Å². The Kier molecular flexibility index (Phi) is 2.65. The lowest BCUT2D eigenvalue weighted by atomic mass is 9.93. The SMILES string of the molecule is CC(C)(C)c1cn2c(C3CC3)nc(C(F)(F)F)cc2n1. The Balaban J connectivity index is 2.24. The molecule has 0 aliphatic heterocycles. The maximum Gasteiger partial charge on any atom is 0.433 e. The summed E-state index contributed by atoms with van der Waals surface area (Å²) in [5.74, 6) is 0.611. The van der Waals surface area contributed by atoms with E-state index in [4.69, 9.17) is 0 Å². The summed E-state index contributed by atoms with van der Waals surface area (Å²) in [5, 5.41) is 0. The molecule has 2 heterocycles. The smallest absolute Gasteiger partial charge is 0.287 e. The van der Waals surface area contributed by atoms with Crippen molar-refractivity contribution in [3.05, 3.63) is 29.5 Å². The van der Waals surface area contributed by atoms with Gasteiger partial charge < -0.3 is 0 Å². The van der Waals surface area contributed by atoms with E-state index in [0.29, 0.717) is 11.5 Å². The van der Waals surface area contributed by atoms with Crippen molar-refractivity contribution < 1.29 is 13.2 Å². The van der Waals surface area contributed by atoms with Crippen molar-refractivity contribution in [2.75, 3.05) is 0 Å². The lowest BCUT2D eigenvalue weighted by Gasteiger charge is -2.13. The first-order valence-electron chi connectivity index (χ1n) is 6.64. The fourth-order valence-corrected chi connectivity index (χ4v) is 2.15. The summed E-state index contributed by atoms with van der Waals surface area (Å²) in [7, 11) is 0. The van der Waals surface area contributed by atoms with Crippen molar-refractivity contribution in [2.24, 2.45) is 0 Å². The van der Waals surface area contributed by atoms with E-state index in [-0.39, 0.29) is 11.3 Å². The second-order valence-electron chi connectivity index (χ2n) is 6.38. The molecule has 0 N–H and O–H groups in total. The molecule has 6 heteroatoms. The Morgan fingerprint density at radius 3 is 2.25 bits per heavy atom. The van der Waals surface area contributed by atoms with Gasteiger partial charge in [-0.1, -0.05) is 20.8 Å². The number of aromatic nitrogens is 3. The van der Waals surface area contributed by atoms with Gasteiger partial charge in [0.25, 0.3) is 0 Å². The molecule has 2 aromatic rings. The zero-order valence-electron chi connectivity index (χ0n) is 11.6. The van der Waals surface area contributed by atoms with Gasteiger partial charge in [0.15, 0.2) is 0 Å². The molecule has 1 fully saturated rings. The largest absolute Gasteiger partial charge is 0.433 e. The third-order valence-corrected chi connectivity index (χ3v) is 3.48. The number of hydrogen-bond donors (Lipinski definition) is 0. The summed E-state index contributed by atoms with van der Waals surface area (Å²) in [6.07, 6.45) is -0.825. The second kappa shape index (κ2) is 3.96. The van der Waals surface area contributed by atoms with Gasteiger partial charge in [0.2, 0.25) is 0 Å². The number of rotatable bonds is 1. The molecule has 0 radical (unpaired) electrons. The van der Waals surface area contributed by atoms with E-state index in [9.17, 15) is 13.2 Å². The molecule has 3 nitrogen and oxygen atoms in total. The first kappa shape index (κ1) is 13.4. The molecule has 0 saturated heterocycles. The minimum absolute atomic E-state index is 0.127. The van der Waals surface area contributed by atoms with Gasteiger partial charge in [0.1, 0.15) is 17.2 Å². The molecule has 108 valence electrons. The molecule has 2 aromatic heterocycles. The predicted molar refractivity (Wildman–Crippen MR) is 68.7 cm³/mol. The van der Waals surface area contributed by atoms with Crippen LogP contribution in [0.5, 0.6) is 0 Å². The third-order valence-electron chi connectivity index (χ3n) is 3.48. The summed E-state index contributed by atoms with van der Waals surface area (Å²) in [6, 6.07) is 1.03. The van der Waals surface area contributed by atoms with E-state index in [1.54, 1.807) is 4.40 Å². The van der Waals surface area contributed by atoms with Crippen molar-refractivity contribution in [2.45, 2.75) is 51.1 Å². The van der Waals surface area contributed by atoms with Crippen LogP contribution in [0.3, 0.4) is 0 Å². The monoisotopic (exact) mass is 283 g/mol. The lowest BCUT2D eigenvalue weighted by Crippen LogP contribution is -2.12. The Morgan fingerprint density at radius 1 is 1.10 bits per heavy atom. The average molecular weight is 283 g/mol. The second-order valence-corrected chi connectivity index (χ2v) is 6.38. The molecule has 0 amide bonds. The molecular weight excluding hydrogens is 267 g/mol. The maximum atomic E-state index is 12.9. The van der Waals surface area contributed by atoms with E-state index < -0.39 is 11.9 Å². The van der Waals surface area contributed by atoms with Crippen LogP contribution in [0.25, 0.3) is 5.65 Å². The van der Waals surface area contributed by atoms with Crippen molar-refractivity contribution in [3.63, 3.8) is 0 Å². The van der Waals surface area contributed by atoms with E-state index in [1.807, 2.05) is 27.0 Å². The average Bonchev–Trinajstić information content (AvgIpc) is 3.03. The quantitative estimate of drug-likeness (QED) is 0.794. The molecule has 3 rings (SSSR count). The summed E-state index contributed by atoms with van der Waals surface area (Å²) in [5.41, 5.74) is 0.0586. The van der Waals surface area contributed by atoms with Crippen LogP contribution in [0, 0.1) is 0 Å². The Labute approximate surface area is 114 Å². The molecule has 0 aromatic carbocycles. The predicted octanol–water partition coefficient (Wildman–Crippen LogP) is 3.92. The van der Waals surface area contributed by atoms with E-state index in [2.05, 4.69) is 9.97 Å². The van der Waals surface area contributed by atoms with Crippen molar-refractivity contribution in [1.29, 1.82) is 0 Å². The highest BCUT2D eigenvalue weighted by molar-refractivity contribution is 5.45. The number of fused-ring (bicyclic) bond motifs is 1. The standard InChI is InChI=1S/C14H16F3N3/c1-13(2,3)10-7-20-11(18-10)6-9(14(15,16)17)19-12(20)8-4-5-8/h6-8H,4-5H2,1-3H3. The Hall–Kier alpha value is -1.59. The number of nitrogens with zero attached hydrogens (tertiary/aromatic N) is 3. The van der Waals surface area contributed by atoms with Crippen LogP contribution in [-0.4, -0.2) is 14.4 Å². The van der Waals surface area contributed by atoms with Crippen LogP contribution in [0.4, 0.5) is 13.2 Å². The van der Waals surface area contributed by atoms with Gasteiger partial charge in [-0.05, 0) is 12.8 Å². The minimum Gasteiger partial charge on any atom is -0.287 e. The van der Waals surface area contributed by atoms with Crippen LogP contribution in [-0.2, 0) is 11.6 Å². The van der Waals surface area contributed by atoms with E-state index in [0.717, 1.165) is 24.6 Å². The summed E-state index contributed by atoms with van der Waals surface area (Å²) in [4.78, 5) is 8.18. The summed E-state index contributed by atoms with van der Waals surface area (Å²) in [6.45, 7) is 5.97. The van der Waals surface area contributed by atoms with Gasteiger partial charge >= 0.3 is 6.18 Å². The van der Waals surface area contributed by atoms with Gasteiger partial charge in [0.05, 0.1) is 5.69 Å².